The molecule has 5 heteroatoms. The van der Waals surface area contributed by atoms with Crippen molar-refractivity contribution < 1.29 is 4.92 Å². The third-order valence-electron chi connectivity index (χ3n) is 3.08. The van der Waals surface area contributed by atoms with E-state index < -0.39 is 4.92 Å². The summed E-state index contributed by atoms with van der Waals surface area (Å²) in [5.74, 6) is 0.515. The first-order chi connectivity index (χ1) is 9.16. The number of aromatic amines is 1. The van der Waals surface area contributed by atoms with E-state index in [1.807, 2.05) is 30.3 Å². The summed E-state index contributed by atoms with van der Waals surface area (Å²) < 4.78 is 0. The smallest absolute Gasteiger partial charge is 0.271 e. The van der Waals surface area contributed by atoms with Gasteiger partial charge in [-0.1, -0.05) is 30.3 Å². The second-order valence-electron chi connectivity index (χ2n) is 4.27. The van der Waals surface area contributed by atoms with Crippen molar-refractivity contribution in [3.05, 3.63) is 58.6 Å². The largest absolute Gasteiger partial charge is 0.385 e. The summed E-state index contributed by atoms with van der Waals surface area (Å²) in [5.41, 5.74) is 8.57. The second-order valence-corrected chi connectivity index (χ2v) is 4.27. The summed E-state index contributed by atoms with van der Waals surface area (Å²) in [6.07, 6.45) is 0. The molecule has 0 saturated heterocycles. The van der Waals surface area contributed by atoms with E-state index in [1.165, 1.54) is 12.1 Å². The number of H-pyrrole nitrogens is 1. The molecule has 0 atom stereocenters. The van der Waals surface area contributed by atoms with Crippen LogP contribution in [0, 0.1) is 10.1 Å². The van der Waals surface area contributed by atoms with Gasteiger partial charge in [-0.2, -0.15) is 0 Å². The summed E-state index contributed by atoms with van der Waals surface area (Å²) in [6.45, 7) is 0. The molecule has 3 aromatic rings. The highest BCUT2D eigenvalue weighted by molar-refractivity contribution is 6.02. The number of aromatic nitrogens is 1. The highest BCUT2D eigenvalue weighted by atomic mass is 16.6. The number of hydrogen-bond acceptors (Lipinski definition) is 3. The summed E-state index contributed by atoms with van der Waals surface area (Å²) >= 11 is 0. The van der Waals surface area contributed by atoms with E-state index >= 15 is 0 Å². The zero-order valence-corrected chi connectivity index (χ0v) is 9.96. The van der Waals surface area contributed by atoms with Crippen LogP contribution in [-0.2, 0) is 0 Å². The van der Waals surface area contributed by atoms with Crippen LogP contribution >= 0.6 is 0 Å². The highest BCUT2D eigenvalue weighted by Gasteiger charge is 2.14. The summed E-state index contributed by atoms with van der Waals surface area (Å²) in [7, 11) is 0. The summed E-state index contributed by atoms with van der Waals surface area (Å²) in [4.78, 5) is 13.3. The number of non-ortho nitro benzene ring substituents is 1. The zero-order valence-electron chi connectivity index (χ0n) is 9.96. The van der Waals surface area contributed by atoms with Crippen LogP contribution in [0.4, 0.5) is 11.5 Å². The molecule has 0 fully saturated rings. The van der Waals surface area contributed by atoms with Crippen LogP contribution in [-0.4, -0.2) is 9.91 Å². The standard InChI is InChI=1S/C14H11N3O2/c15-14-13(9-4-2-1-3-5-9)11-7-6-10(17(18)19)8-12(11)16-14/h1-8,16H,15H2. The second kappa shape index (κ2) is 4.13. The van der Waals surface area contributed by atoms with Crippen LogP contribution in [0.25, 0.3) is 22.0 Å². The Morgan fingerprint density at radius 1 is 1.11 bits per heavy atom. The average Bonchev–Trinajstić information content (AvgIpc) is 2.74. The molecule has 3 N–H and O–H groups in total. The number of anilines is 1. The fourth-order valence-electron chi connectivity index (χ4n) is 2.24. The van der Waals surface area contributed by atoms with Crippen molar-refractivity contribution >= 4 is 22.4 Å². The van der Waals surface area contributed by atoms with Gasteiger partial charge in [-0.3, -0.25) is 10.1 Å². The first kappa shape index (κ1) is 11.3. The van der Waals surface area contributed by atoms with Gasteiger partial charge in [-0.25, -0.2) is 0 Å². The van der Waals surface area contributed by atoms with E-state index in [0.29, 0.717) is 11.3 Å². The van der Waals surface area contributed by atoms with Crippen molar-refractivity contribution in [2.45, 2.75) is 0 Å². The predicted molar refractivity (Wildman–Crippen MR) is 74.8 cm³/mol. The maximum Gasteiger partial charge on any atom is 0.271 e. The Hall–Kier alpha value is -2.82. The van der Waals surface area contributed by atoms with Crippen molar-refractivity contribution in [1.82, 2.24) is 4.98 Å². The lowest BCUT2D eigenvalue weighted by Crippen LogP contribution is -1.86. The molecule has 3 rings (SSSR count). The van der Waals surface area contributed by atoms with Crippen LogP contribution in [0.2, 0.25) is 0 Å². The monoisotopic (exact) mass is 253 g/mol. The van der Waals surface area contributed by atoms with Gasteiger partial charge in [0.2, 0.25) is 0 Å². The highest BCUT2D eigenvalue weighted by Crippen LogP contribution is 2.35. The minimum absolute atomic E-state index is 0.0494. The van der Waals surface area contributed by atoms with Gasteiger partial charge in [0.1, 0.15) is 5.82 Å². The molecule has 19 heavy (non-hydrogen) atoms. The molecular formula is C14H11N3O2. The first-order valence-electron chi connectivity index (χ1n) is 5.78. The van der Waals surface area contributed by atoms with Gasteiger partial charge in [0.25, 0.3) is 5.69 Å². The summed E-state index contributed by atoms with van der Waals surface area (Å²) in [5, 5.41) is 11.7. The number of nitrogens with one attached hydrogen (secondary N) is 1. The number of fused-ring (bicyclic) bond motifs is 1. The van der Waals surface area contributed by atoms with E-state index in [4.69, 9.17) is 5.73 Å². The molecule has 0 saturated carbocycles. The Bertz CT molecular complexity index is 763. The molecule has 0 aliphatic heterocycles. The molecule has 0 unspecified atom stereocenters. The lowest BCUT2D eigenvalue weighted by molar-refractivity contribution is -0.384. The third-order valence-corrected chi connectivity index (χ3v) is 3.08. The van der Waals surface area contributed by atoms with Crippen LogP contribution in [0.1, 0.15) is 0 Å². The van der Waals surface area contributed by atoms with E-state index in [0.717, 1.165) is 16.5 Å². The van der Waals surface area contributed by atoms with Crippen LogP contribution < -0.4 is 5.73 Å². The average molecular weight is 253 g/mol. The maximum absolute atomic E-state index is 10.8. The Kier molecular flexibility index (Phi) is 2.45. The van der Waals surface area contributed by atoms with E-state index in [9.17, 15) is 10.1 Å². The number of nitro benzene ring substituents is 1. The fraction of sp³-hybridized carbons (Fsp3) is 0. The minimum atomic E-state index is -0.418. The quantitative estimate of drug-likeness (QED) is 0.542. The number of hydrogen-bond donors (Lipinski definition) is 2. The van der Waals surface area contributed by atoms with Gasteiger partial charge in [0.05, 0.1) is 10.4 Å². The van der Waals surface area contributed by atoms with Crippen LogP contribution in [0.15, 0.2) is 48.5 Å². The topological polar surface area (TPSA) is 85.0 Å². The van der Waals surface area contributed by atoms with E-state index in [1.54, 1.807) is 6.07 Å². The van der Waals surface area contributed by atoms with Gasteiger partial charge in [0, 0.05) is 23.1 Å². The lowest BCUT2D eigenvalue weighted by Gasteiger charge is -2.00. The van der Waals surface area contributed by atoms with Crippen molar-refractivity contribution in [3.8, 4) is 11.1 Å². The number of nitrogens with zero attached hydrogens (tertiary/aromatic N) is 1. The SMILES string of the molecule is Nc1[nH]c2cc([N+](=O)[O-])ccc2c1-c1ccccc1. The number of rotatable bonds is 2. The number of nitrogen functional groups attached to an aromatic ring is 1. The molecule has 5 nitrogen and oxygen atoms in total. The number of benzene rings is 2. The van der Waals surface area contributed by atoms with Crippen molar-refractivity contribution in [1.29, 1.82) is 0 Å². The Labute approximate surface area is 108 Å². The molecule has 1 heterocycles. The first-order valence-corrected chi connectivity index (χ1v) is 5.78. The zero-order chi connectivity index (χ0) is 13.4. The van der Waals surface area contributed by atoms with Crippen molar-refractivity contribution in [2.24, 2.45) is 0 Å². The Balaban J connectivity index is 2.27. The molecule has 0 aliphatic carbocycles. The van der Waals surface area contributed by atoms with Gasteiger partial charge in [-0.05, 0) is 11.6 Å². The molecule has 1 aromatic heterocycles. The molecule has 0 amide bonds. The van der Waals surface area contributed by atoms with Gasteiger partial charge >= 0.3 is 0 Å². The Morgan fingerprint density at radius 2 is 1.84 bits per heavy atom. The van der Waals surface area contributed by atoms with Gasteiger partial charge in [-0.15, -0.1) is 0 Å². The minimum Gasteiger partial charge on any atom is -0.385 e. The molecule has 2 aromatic carbocycles. The molecule has 0 radical (unpaired) electrons. The molecule has 94 valence electrons. The number of nitrogens with two attached hydrogens (primary N) is 1. The van der Waals surface area contributed by atoms with Crippen molar-refractivity contribution in [2.75, 3.05) is 5.73 Å². The normalized spacial score (nSPS) is 10.7. The van der Waals surface area contributed by atoms with Gasteiger partial charge in [0.15, 0.2) is 0 Å². The Morgan fingerprint density at radius 3 is 2.53 bits per heavy atom. The van der Waals surface area contributed by atoms with Gasteiger partial charge < -0.3 is 10.7 Å². The van der Waals surface area contributed by atoms with Crippen molar-refractivity contribution in [3.63, 3.8) is 0 Å². The van der Waals surface area contributed by atoms with Crippen LogP contribution in [0.3, 0.4) is 0 Å². The molecule has 0 spiro atoms. The van der Waals surface area contributed by atoms with E-state index in [-0.39, 0.29) is 5.69 Å². The number of nitro groups is 1. The van der Waals surface area contributed by atoms with Crippen LogP contribution in [0.5, 0.6) is 0 Å². The maximum atomic E-state index is 10.8. The molecule has 0 aliphatic rings. The fourth-order valence-corrected chi connectivity index (χ4v) is 2.24. The molecular weight excluding hydrogens is 242 g/mol. The lowest BCUT2D eigenvalue weighted by atomic mass is 10.0. The molecule has 0 bridgehead atoms. The summed E-state index contributed by atoms with van der Waals surface area (Å²) in [6, 6.07) is 14.4. The third kappa shape index (κ3) is 1.81. The van der Waals surface area contributed by atoms with E-state index in [2.05, 4.69) is 4.98 Å². The predicted octanol–water partition coefficient (Wildman–Crippen LogP) is 3.33.